The molecule has 6 heteroatoms. The van der Waals surface area contributed by atoms with Crippen molar-refractivity contribution in [2.75, 3.05) is 0 Å². The molecule has 1 aromatic carbocycles. The lowest BCUT2D eigenvalue weighted by Crippen LogP contribution is -2.00. The second-order valence-corrected chi connectivity index (χ2v) is 5.79. The highest BCUT2D eigenvalue weighted by atomic mass is 79.9. The molecule has 0 radical (unpaired) electrons. The van der Waals surface area contributed by atoms with Crippen molar-refractivity contribution in [2.45, 2.75) is 19.8 Å². The smallest absolute Gasteiger partial charge is 0.223 e. The van der Waals surface area contributed by atoms with E-state index in [0.717, 1.165) is 0 Å². The molecule has 0 N–H and O–H groups in total. The van der Waals surface area contributed by atoms with Crippen LogP contribution in [-0.2, 0) is 0 Å². The number of halogens is 3. The minimum absolute atomic E-state index is 0.203. The van der Waals surface area contributed by atoms with Gasteiger partial charge < -0.3 is 4.74 Å². The maximum absolute atomic E-state index is 6.07. The minimum Gasteiger partial charge on any atom is -0.437 e. The van der Waals surface area contributed by atoms with Crippen LogP contribution >= 0.6 is 39.1 Å². The lowest BCUT2D eigenvalue weighted by atomic mass is 10.2. The predicted molar refractivity (Wildman–Crippen MR) is 80.4 cm³/mol. The molecule has 1 aromatic heterocycles. The quantitative estimate of drug-likeness (QED) is 0.680. The average Bonchev–Trinajstić information content (AvgIpc) is 2.34. The van der Waals surface area contributed by atoms with E-state index in [1.807, 2.05) is 13.8 Å². The summed E-state index contributed by atoms with van der Waals surface area (Å²) in [6, 6.07) is 6.89. The van der Waals surface area contributed by atoms with E-state index < -0.39 is 0 Å². The summed E-state index contributed by atoms with van der Waals surface area (Å²) < 4.78 is 6.33. The molecule has 0 fully saturated rings. The molecular formula is C13H11BrCl2N2O. The monoisotopic (exact) mass is 360 g/mol. The Kier molecular flexibility index (Phi) is 4.66. The average molecular weight is 362 g/mol. The molecule has 0 atom stereocenters. The zero-order chi connectivity index (χ0) is 14.0. The van der Waals surface area contributed by atoms with E-state index in [-0.39, 0.29) is 5.92 Å². The summed E-state index contributed by atoms with van der Waals surface area (Å²) in [6.07, 6.45) is 0. The molecule has 0 saturated heterocycles. The fraction of sp³-hybridized carbons (Fsp3) is 0.231. The number of nitrogens with zero attached hydrogens (tertiary/aromatic N) is 2. The van der Waals surface area contributed by atoms with Gasteiger partial charge in [-0.15, -0.1) is 0 Å². The largest absolute Gasteiger partial charge is 0.437 e. The Balaban J connectivity index is 2.35. The summed E-state index contributed by atoms with van der Waals surface area (Å²) in [5, 5.41) is 0.807. The Morgan fingerprint density at radius 1 is 1.21 bits per heavy atom. The summed E-state index contributed by atoms with van der Waals surface area (Å²) >= 11 is 15.3. The Bertz CT molecular complexity index is 605. The van der Waals surface area contributed by atoms with E-state index in [0.29, 0.717) is 32.1 Å². The van der Waals surface area contributed by atoms with Crippen LogP contribution in [-0.4, -0.2) is 9.97 Å². The van der Waals surface area contributed by atoms with E-state index in [1.165, 1.54) is 0 Å². The van der Waals surface area contributed by atoms with Crippen molar-refractivity contribution in [3.05, 3.63) is 44.7 Å². The van der Waals surface area contributed by atoms with Crippen LogP contribution in [0.15, 0.2) is 28.9 Å². The molecule has 0 amide bonds. The molecule has 19 heavy (non-hydrogen) atoms. The second-order valence-electron chi connectivity index (χ2n) is 4.20. The topological polar surface area (TPSA) is 35.0 Å². The van der Waals surface area contributed by atoms with Crippen molar-refractivity contribution in [1.82, 2.24) is 9.97 Å². The summed E-state index contributed by atoms with van der Waals surface area (Å²) in [6.45, 7) is 4.02. The normalized spacial score (nSPS) is 10.8. The Labute approximate surface area is 130 Å². The number of aromatic nitrogens is 2. The molecule has 0 saturated carbocycles. The standard InChI is InChI=1S/C13H11BrCl2N2O/c1-7(2)13-17-10(14)6-11(18-13)19-9-5-3-4-8(15)12(9)16/h3-7H,1-2H3. The van der Waals surface area contributed by atoms with E-state index in [1.54, 1.807) is 24.3 Å². The van der Waals surface area contributed by atoms with Crippen LogP contribution in [0.1, 0.15) is 25.6 Å². The van der Waals surface area contributed by atoms with Gasteiger partial charge in [0.15, 0.2) is 0 Å². The van der Waals surface area contributed by atoms with Crippen LogP contribution in [0.4, 0.5) is 0 Å². The zero-order valence-corrected chi connectivity index (χ0v) is 13.4. The molecule has 2 aromatic rings. The Morgan fingerprint density at radius 3 is 2.63 bits per heavy atom. The lowest BCUT2D eigenvalue weighted by Gasteiger charge is -2.10. The van der Waals surface area contributed by atoms with Gasteiger partial charge in [0.05, 0.1) is 5.02 Å². The van der Waals surface area contributed by atoms with Crippen LogP contribution < -0.4 is 4.74 Å². The Hall–Kier alpha value is -0.840. The first-order chi connectivity index (χ1) is 8.97. The highest BCUT2D eigenvalue weighted by Crippen LogP contribution is 2.34. The van der Waals surface area contributed by atoms with Gasteiger partial charge in [0, 0.05) is 12.0 Å². The van der Waals surface area contributed by atoms with E-state index in [9.17, 15) is 0 Å². The van der Waals surface area contributed by atoms with Gasteiger partial charge in [-0.2, -0.15) is 4.98 Å². The van der Waals surface area contributed by atoms with Crippen molar-refractivity contribution in [1.29, 1.82) is 0 Å². The molecule has 2 rings (SSSR count). The molecule has 0 aliphatic carbocycles. The fourth-order valence-electron chi connectivity index (χ4n) is 1.40. The van der Waals surface area contributed by atoms with Gasteiger partial charge in [0.2, 0.25) is 5.88 Å². The fourth-order valence-corrected chi connectivity index (χ4v) is 2.11. The Morgan fingerprint density at radius 2 is 1.95 bits per heavy atom. The molecule has 0 aliphatic heterocycles. The third-order valence-corrected chi connectivity index (χ3v) is 3.54. The number of benzene rings is 1. The maximum Gasteiger partial charge on any atom is 0.223 e. The van der Waals surface area contributed by atoms with Crippen LogP contribution in [0.5, 0.6) is 11.6 Å². The van der Waals surface area contributed by atoms with E-state index in [2.05, 4.69) is 25.9 Å². The SMILES string of the molecule is CC(C)c1nc(Br)cc(Oc2cccc(Cl)c2Cl)n1. The van der Waals surface area contributed by atoms with Crippen molar-refractivity contribution in [3.8, 4) is 11.6 Å². The summed E-state index contributed by atoms with van der Waals surface area (Å²) in [7, 11) is 0. The van der Waals surface area contributed by atoms with Gasteiger partial charge in [-0.05, 0) is 28.1 Å². The van der Waals surface area contributed by atoms with Gasteiger partial charge in [-0.3, -0.25) is 0 Å². The summed E-state index contributed by atoms with van der Waals surface area (Å²) in [4.78, 5) is 8.62. The predicted octanol–water partition coefficient (Wildman–Crippen LogP) is 5.46. The summed E-state index contributed by atoms with van der Waals surface area (Å²) in [5.41, 5.74) is 0. The van der Waals surface area contributed by atoms with Gasteiger partial charge in [-0.1, -0.05) is 43.1 Å². The van der Waals surface area contributed by atoms with Gasteiger partial charge in [0.25, 0.3) is 0 Å². The number of hydrogen-bond donors (Lipinski definition) is 0. The molecule has 1 heterocycles. The van der Waals surface area contributed by atoms with Gasteiger partial charge >= 0.3 is 0 Å². The number of hydrogen-bond acceptors (Lipinski definition) is 3. The van der Waals surface area contributed by atoms with Crippen LogP contribution in [0.3, 0.4) is 0 Å². The zero-order valence-electron chi connectivity index (χ0n) is 10.3. The lowest BCUT2D eigenvalue weighted by molar-refractivity contribution is 0.456. The first-order valence-corrected chi connectivity index (χ1v) is 7.18. The van der Waals surface area contributed by atoms with Crippen molar-refractivity contribution >= 4 is 39.1 Å². The molecule has 3 nitrogen and oxygen atoms in total. The molecular weight excluding hydrogens is 351 g/mol. The summed E-state index contributed by atoms with van der Waals surface area (Å²) in [5.74, 6) is 1.79. The molecule has 0 unspecified atom stereocenters. The maximum atomic E-state index is 6.07. The first-order valence-electron chi connectivity index (χ1n) is 5.63. The van der Waals surface area contributed by atoms with Gasteiger partial charge in [0.1, 0.15) is 21.2 Å². The number of ether oxygens (including phenoxy) is 1. The van der Waals surface area contributed by atoms with Gasteiger partial charge in [-0.25, -0.2) is 4.98 Å². The third-order valence-electron chi connectivity index (χ3n) is 2.34. The highest BCUT2D eigenvalue weighted by Gasteiger charge is 2.11. The minimum atomic E-state index is 0.203. The molecule has 0 bridgehead atoms. The molecule has 100 valence electrons. The number of rotatable bonds is 3. The van der Waals surface area contributed by atoms with Crippen LogP contribution in [0, 0.1) is 0 Å². The van der Waals surface area contributed by atoms with E-state index >= 15 is 0 Å². The van der Waals surface area contributed by atoms with Crippen molar-refractivity contribution < 1.29 is 4.74 Å². The van der Waals surface area contributed by atoms with Crippen molar-refractivity contribution in [3.63, 3.8) is 0 Å². The van der Waals surface area contributed by atoms with Crippen molar-refractivity contribution in [2.24, 2.45) is 0 Å². The first kappa shape index (κ1) is 14.6. The van der Waals surface area contributed by atoms with Crippen LogP contribution in [0.25, 0.3) is 0 Å². The molecule has 0 spiro atoms. The molecule has 0 aliphatic rings. The van der Waals surface area contributed by atoms with E-state index in [4.69, 9.17) is 27.9 Å². The van der Waals surface area contributed by atoms with Crippen LogP contribution in [0.2, 0.25) is 10.0 Å². The second kappa shape index (κ2) is 6.07. The third kappa shape index (κ3) is 3.59. The highest BCUT2D eigenvalue weighted by molar-refractivity contribution is 9.10.